The van der Waals surface area contributed by atoms with Crippen LogP contribution in [0.3, 0.4) is 0 Å². The molecule has 0 spiro atoms. The molecule has 0 saturated heterocycles. The minimum Gasteiger partial charge on any atom is -0.294 e. The van der Waals surface area contributed by atoms with Gasteiger partial charge in [0.25, 0.3) is 5.56 Å². The molecule has 0 atom stereocenters. The van der Waals surface area contributed by atoms with Gasteiger partial charge in [-0.25, -0.2) is 4.98 Å². The van der Waals surface area contributed by atoms with E-state index in [0.29, 0.717) is 19.6 Å². The van der Waals surface area contributed by atoms with E-state index < -0.39 is 0 Å². The average Bonchev–Trinajstić information content (AvgIpc) is 2.72. The molecule has 134 valence electrons. The number of fused-ring (bicyclic) bond motifs is 1. The minimum atomic E-state index is 0.0598. The molecule has 0 saturated carbocycles. The van der Waals surface area contributed by atoms with Gasteiger partial charge in [-0.3, -0.25) is 14.3 Å². The van der Waals surface area contributed by atoms with Crippen molar-refractivity contribution >= 4 is 0 Å². The summed E-state index contributed by atoms with van der Waals surface area (Å²) in [6.45, 7) is 2.70. The molecule has 2 heterocycles. The Morgan fingerprint density at radius 1 is 1.00 bits per heavy atom. The van der Waals surface area contributed by atoms with E-state index in [9.17, 15) is 4.79 Å². The number of rotatable bonds is 3. The Labute approximate surface area is 159 Å². The molecule has 0 amide bonds. The molecule has 0 unspecified atom stereocenters. The van der Waals surface area contributed by atoms with E-state index in [-0.39, 0.29) is 5.56 Å². The van der Waals surface area contributed by atoms with Crippen molar-refractivity contribution in [2.75, 3.05) is 13.1 Å². The summed E-state index contributed by atoms with van der Waals surface area (Å²) in [5.41, 5.74) is 3.91. The third-order valence-electron chi connectivity index (χ3n) is 4.77. The van der Waals surface area contributed by atoms with Gasteiger partial charge >= 0.3 is 0 Å². The van der Waals surface area contributed by atoms with Gasteiger partial charge in [-0.2, -0.15) is 0 Å². The molecule has 1 aliphatic rings. The zero-order valence-electron chi connectivity index (χ0n) is 15.1. The van der Waals surface area contributed by atoms with E-state index in [1.54, 1.807) is 10.9 Å². The van der Waals surface area contributed by atoms with Crippen LogP contribution in [0.15, 0.2) is 71.8 Å². The third-order valence-corrected chi connectivity index (χ3v) is 4.77. The van der Waals surface area contributed by atoms with Crippen LogP contribution >= 0.6 is 0 Å². The first-order chi connectivity index (χ1) is 13.3. The Hall–Kier alpha value is -3.16. The molecule has 4 nitrogen and oxygen atoms in total. The fraction of sp³-hybridized carbons (Fsp3) is 0.217. The maximum atomic E-state index is 12.9. The van der Waals surface area contributed by atoms with E-state index >= 15 is 0 Å². The Kier molecular flexibility index (Phi) is 5.13. The summed E-state index contributed by atoms with van der Waals surface area (Å²) < 4.78 is 1.70. The lowest BCUT2D eigenvalue weighted by Crippen LogP contribution is -2.38. The molecular weight excluding hydrogens is 334 g/mol. The van der Waals surface area contributed by atoms with Crippen LogP contribution in [0.5, 0.6) is 0 Å². The number of hydrogen-bond donors (Lipinski definition) is 0. The monoisotopic (exact) mass is 355 g/mol. The van der Waals surface area contributed by atoms with Crippen LogP contribution in [0.4, 0.5) is 0 Å². The summed E-state index contributed by atoms with van der Waals surface area (Å²) in [6.07, 6.45) is 2.48. The van der Waals surface area contributed by atoms with Crippen LogP contribution in [-0.2, 0) is 19.5 Å². The molecule has 0 aliphatic carbocycles. The molecule has 0 fully saturated rings. The molecule has 2 aromatic carbocycles. The Bertz CT molecular complexity index is 1030. The van der Waals surface area contributed by atoms with Gasteiger partial charge in [0, 0.05) is 25.1 Å². The van der Waals surface area contributed by atoms with Crippen molar-refractivity contribution in [3.63, 3.8) is 0 Å². The van der Waals surface area contributed by atoms with Crippen molar-refractivity contribution < 1.29 is 0 Å². The average molecular weight is 355 g/mol. The first kappa shape index (κ1) is 17.3. The molecule has 0 bridgehead atoms. The molecule has 1 aliphatic heterocycles. The SMILES string of the molecule is O=c1c2c(ncn1Cc1ccccc1)CCN(CC#Cc1ccccc1)C2. The third kappa shape index (κ3) is 4.16. The smallest absolute Gasteiger partial charge is 0.258 e. The fourth-order valence-corrected chi connectivity index (χ4v) is 3.31. The largest absolute Gasteiger partial charge is 0.294 e. The Morgan fingerprint density at radius 3 is 2.52 bits per heavy atom. The van der Waals surface area contributed by atoms with Gasteiger partial charge in [0.1, 0.15) is 0 Å². The molecule has 4 rings (SSSR count). The lowest BCUT2D eigenvalue weighted by Gasteiger charge is -2.26. The molecule has 1 aromatic heterocycles. The molecule has 4 heteroatoms. The topological polar surface area (TPSA) is 38.1 Å². The fourth-order valence-electron chi connectivity index (χ4n) is 3.31. The van der Waals surface area contributed by atoms with E-state index in [0.717, 1.165) is 35.3 Å². The van der Waals surface area contributed by atoms with Crippen molar-refractivity contribution in [1.82, 2.24) is 14.5 Å². The second kappa shape index (κ2) is 8.03. The van der Waals surface area contributed by atoms with E-state index in [1.165, 1.54) is 0 Å². The van der Waals surface area contributed by atoms with Gasteiger partial charge in [0.15, 0.2) is 0 Å². The summed E-state index contributed by atoms with van der Waals surface area (Å²) in [7, 11) is 0. The zero-order chi connectivity index (χ0) is 18.5. The first-order valence-electron chi connectivity index (χ1n) is 9.17. The van der Waals surface area contributed by atoms with E-state index in [2.05, 4.69) is 21.7 Å². The number of nitrogens with zero attached hydrogens (tertiary/aromatic N) is 3. The minimum absolute atomic E-state index is 0.0598. The lowest BCUT2D eigenvalue weighted by atomic mass is 10.1. The second-order valence-corrected chi connectivity index (χ2v) is 6.72. The number of benzene rings is 2. The molecule has 0 N–H and O–H groups in total. The Balaban J connectivity index is 1.49. The van der Waals surface area contributed by atoms with Crippen molar-refractivity contribution in [2.45, 2.75) is 19.5 Å². The van der Waals surface area contributed by atoms with Gasteiger partial charge in [0.05, 0.1) is 30.7 Å². The highest BCUT2D eigenvalue weighted by Gasteiger charge is 2.20. The van der Waals surface area contributed by atoms with Crippen molar-refractivity contribution in [2.24, 2.45) is 0 Å². The quantitative estimate of drug-likeness (QED) is 0.678. The summed E-state index contributed by atoms with van der Waals surface area (Å²) >= 11 is 0. The summed E-state index contributed by atoms with van der Waals surface area (Å²) in [4.78, 5) is 19.7. The van der Waals surface area contributed by atoms with Crippen molar-refractivity contribution in [1.29, 1.82) is 0 Å². The molecule has 3 aromatic rings. The standard InChI is InChI=1S/C23H21N3O/c27-23-21-17-25(14-7-12-19-8-3-1-4-9-19)15-13-22(21)24-18-26(23)16-20-10-5-2-6-11-20/h1-6,8-11,18H,13-17H2. The van der Waals surface area contributed by atoms with Crippen LogP contribution in [0.25, 0.3) is 0 Å². The summed E-state index contributed by atoms with van der Waals surface area (Å²) in [5.74, 6) is 6.41. The van der Waals surface area contributed by atoms with Crippen molar-refractivity contribution in [3.8, 4) is 11.8 Å². The molecular formula is C23H21N3O. The van der Waals surface area contributed by atoms with Crippen LogP contribution in [0.1, 0.15) is 22.4 Å². The summed E-state index contributed by atoms with van der Waals surface area (Å²) in [5, 5.41) is 0. The van der Waals surface area contributed by atoms with Gasteiger partial charge in [-0.05, 0) is 17.7 Å². The molecule has 27 heavy (non-hydrogen) atoms. The van der Waals surface area contributed by atoms with E-state index in [1.807, 2.05) is 60.7 Å². The maximum absolute atomic E-state index is 12.9. The predicted octanol–water partition coefficient (Wildman–Crippen LogP) is 2.70. The normalized spacial score (nSPS) is 13.5. The van der Waals surface area contributed by atoms with Crippen LogP contribution in [0.2, 0.25) is 0 Å². The first-order valence-corrected chi connectivity index (χ1v) is 9.17. The second-order valence-electron chi connectivity index (χ2n) is 6.72. The highest BCUT2D eigenvalue weighted by molar-refractivity contribution is 5.34. The zero-order valence-corrected chi connectivity index (χ0v) is 15.1. The van der Waals surface area contributed by atoms with Gasteiger partial charge in [0.2, 0.25) is 0 Å². The van der Waals surface area contributed by atoms with E-state index in [4.69, 9.17) is 0 Å². The van der Waals surface area contributed by atoms with Crippen LogP contribution < -0.4 is 5.56 Å². The van der Waals surface area contributed by atoms with Crippen LogP contribution in [0, 0.1) is 11.8 Å². The van der Waals surface area contributed by atoms with Gasteiger partial charge < -0.3 is 0 Å². The lowest BCUT2D eigenvalue weighted by molar-refractivity contribution is 0.280. The van der Waals surface area contributed by atoms with Gasteiger partial charge in [-0.1, -0.05) is 60.4 Å². The van der Waals surface area contributed by atoms with Gasteiger partial charge in [-0.15, -0.1) is 0 Å². The predicted molar refractivity (Wildman–Crippen MR) is 106 cm³/mol. The van der Waals surface area contributed by atoms with Crippen molar-refractivity contribution in [3.05, 3.63) is 99.7 Å². The number of aromatic nitrogens is 2. The maximum Gasteiger partial charge on any atom is 0.258 e. The molecule has 0 radical (unpaired) electrons. The van der Waals surface area contributed by atoms with Crippen LogP contribution in [-0.4, -0.2) is 27.5 Å². The Morgan fingerprint density at radius 2 is 1.74 bits per heavy atom. The highest BCUT2D eigenvalue weighted by atomic mass is 16.1. The summed E-state index contributed by atoms with van der Waals surface area (Å²) in [6, 6.07) is 20.0. The number of hydrogen-bond acceptors (Lipinski definition) is 3. The highest BCUT2D eigenvalue weighted by Crippen LogP contribution is 2.13.